The number of benzene rings is 9. The van der Waals surface area contributed by atoms with Crippen molar-refractivity contribution >= 4 is 39.0 Å². The highest BCUT2D eigenvalue weighted by Gasteiger charge is 2.49. The third-order valence-electron chi connectivity index (χ3n) is 13.7. The largest absolute Gasteiger partial charge is 0.455 e. The van der Waals surface area contributed by atoms with E-state index in [1.807, 2.05) is 6.07 Å². The fraction of sp³-hybridized carbons (Fsp3) is 0.0820. The second-order valence-corrected chi connectivity index (χ2v) is 17.1. The predicted octanol–water partition coefficient (Wildman–Crippen LogP) is 16.7. The summed E-state index contributed by atoms with van der Waals surface area (Å²) in [7, 11) is 0. The lowest BCUT2D eigenvalue weighted by molar-refractivity contribution is 0.349. The molecule has 0 bridgehead atoms. The average molecular weight is 808 g/mol. The molecule has 9 aromatic carbocycles. The molecule has 10 aromatic rings. The summed E-state index contributed by atoms with van der Waals surface area (Å²) in [5.41, 5.74) is 18.7. The van der Waals surface area contributed by atoms with Gasteiger partial charge in [0.2, 0.25) is 0 Å². The molecule has 2 unspecified atom stereocenters. The summed E-state index contributed by atoms with van der Waals surface area (Å²) in [6, 6.07) is 80.2. The summed E-state index contributed by atoms with van der Waals surface area (Å²) in [6.45, 7) is 0. The molecule has 0 saturated carbocycles. The molecule has 300 valence electrons. The molecule has 2 aliphatic carbocycles. The molecule has 63 heavy (non-hydrogen) atoms. The lowest BCUT2D eigenvalue weighted by Gasteiger charge is -2.42. The number of allylic oxidation sites excluding steroid dienone is 2. The zero-order chi connectivity index (χ0) is 41.7. The van der Waals surface area contributed by atoms with E-state index >= 15 is 0 Å². The zero-order valence-corrected chi connectivity index (χ0v) is 35.0. The van der Waals surface area contributed by atoms with Gasteiger partial charge in [-0.15, -0.1) is 0 Å². The number of nitrogens with zero attached hydrogens (tertiary/aromatic N) is 1. The maximum atomic E-state index is 6.52. The first kappa shape index (κ1) is 37.1. The summed E-state index contributed by atoms with van der Waals surface area (Å²) in [6.07, 6.45) is 8.05. The molecular weight excluding hydrogens is 763 g/mol. The molecule has 12 rings (SSSR count). The lowest BCUT2D eigenvalue weighted by Crippen LogP contribution is -2.36. The summed E-state index contributed by atoms with van der Waals surface area (Å²) in [5.74, 6) is 0.409. The minimum absolute atomic E-state index is 0.304. The molecule has 0 saturated heterocycles. The van der Waals surface area contributed by atoms with Crippen molar-refractivity contribution in [2.24, 2.45) is 5.92 Å². The molecule has 2 atom stereocenters. The van der Waals surface area contributed by atoms with Gasteiger partial charge >= 0.3 is 0 Å². The Labute approximate surface area is 369 Å². The van der Waals surface area contributed by atoms with Crippen LogP contribution in [0, 0.1) is 5.92 Å². The van der Waals surface area contributed by atoms with Crippen LogP contribution in [0.3, 0.4) is 0 Å². The van der Waals surface area contributed by atoms with Gasteiger partial charge in [-0.2, -0.15) is 0 Å². The standard InChI is InChI=1S/C61H45NO/c1-4-17-42(18-5-1)43-31-33-44(34-32-43)50-23-11-14-29-58(50)62(48-37-35-45(36-38-48)51-26-16-27-55-54-25-12-15-30-59(54)63-60(51)55)49-39-40-53-52-24-10-13-28-56(52)61(57(53)41-49,46-19-6-2-7-20-46)47-21-8-3-9-22-47/h1-8,10-20,23-41,47H,9,21-22H2. The number of anilines is 3. The van der Waals surface area contributed by atoms with Crippen LogP contribution < -0.4 is 4.90 Å². The van der Waals surface area contributed by atoms with Crippen LogP contribution in [-0.4, -0.2) is 0 Å². The van der Waals surface area contributed by atoms with E-state index in [9.17, 15) is 0 Å². The third kappa shape index (κ3) is 6.09. The molecule has 2 nitrogen and oxygen atoms in total. The zero-order valence-electron chi connectivity index (χ0n) is 35.0. The molecule has 0 aliphatic heterocycles. The predicted molar refractivity (Wildman–Crippen MR) is 263 cm³/mol. The molecule has 1 heterocycles. The van der Waals surface area contributed by atoms with Gasteiger partial charge in [0.05, 0.1) is 5.69 Å². The lowest BCUT2D eigenvalue weighted by atomic mass is 9.61. The van der Waals surface area contributed by atoms with E-state index in [2.05, 4.69) is 229 Å². The van der Waals surface area contributed by atoms with Crippen molar-refractivity contribution in [3.8, 4) is 44.5 Å². The molecule has 0 N–H and O–H groups in total. The smallest absolute Gasteiger partial charge is 0.143 e. The van der Waals surface area contributed by atoms with Crippen LogP contribution in [-0.2, 0) is 5.41 Å². The Kier molecular flexibility index (Phi) is 9.04. The van der Waals surface area contributed by atoms with Gasteiger partial charge in [0.15, 0.2) is 0 Å². The number of furan rings is 1. The number of fused-ring (bicyclic) bond motifs is 6. The average Bonchev–Trinajstić information content (AvgIpc) is 3.89. The fourth-order valence-corrected chi connectivity index (χ4v) is 10.9. The van der Waals surface area contributed by atoms with Crippen LogP contribution in [0.5, 0.6) is 0 Å². The van der Waals surface area contributed by atoms with Crippen molar-refractivity contribution in [3.05, 3.63) is 247 Å². The quantitative estimate of drug-likeness (QED) is 0.142. The molecular formula is C61H45NO. The van der Waals surface area contributed by atoms with E-state index in [1.54, 1.807) is 0 Å². The van der Waals surface area contributed by atoms with Crippen LogP contribution in [0.25, 0.3) is 66.4 Å². The number of hydrogen-bond acceptors (Lipinski definition) is 2. The number of hydrogen-bond donors (Lipinski definition) is 0. The van der Waals surface area contributed by atoms with E-state index in [-0.39, 0.29) is 5.41 Å². The number of rotatable bonds is 8. The summed E-state index contributed by atoms with van der Waals surface area (Å²) >= 11 is 0. The Morgan fingerprint density at radius 2 is 1.03 bits per heavy atom. The molecule has 0 amide bonds. The highest BCUT2D eigenvalue weighted by atomic mass is 16.3. The van der Waals surface area contributed by atoms with Crippen LogP contribution >= 0.6 is 0 Å². The Morgan fingerprint density at radius 3 is 1.84 bits per heavy atom. The fourth-order valence-electron chi connectivity index (χ4n) is 10.9. The van der Waals surface area contributed by atoms with Crippen molar-refractivity contribution in [1.29, 1.82) is 0 Å². The Morgan fingerprint density at radius 1 is 0.429 bits per heavy atom. The van der Waals surface area contributed by atoms with E-state index in [0.717, 1.165) is 69.4 Å². The van der Waals surface area contributed by atoms with Crippen LogP contribution in [0.2, 0.25) is 0 Å². The van der Waals surface area contributed by atoms with Gasteiger partial charge in [-0.1, -0.05) is 194 Å². The molecule has 2 heteroatoms. The van der Waals surface area contributed by atoms with Gasteiger partial charge in [-0.05, 0) is 112 Å². The monoisotopic (exact) mass is 807 g/mol. The van der Waals surface area contributed by atoms with Crippen LogP contribution in [0.1, 0.15) is 36.0 Å². The van der Waals surface area contributed by atoms with E-state index in [0.29, 0.717) is 5.92 Å². The Hall–Kier alpha value is -7.68. The second kappa shape index (κ2) is 15.3. The Balaban J connectivity index is 1.05. The van der Waals surface area contributed by atoms with Gasteiger partial charge < -0.3 is 9.32 Å². The minimum atomic E-state index is -0.304. The van der Waals surface area contributed by atoms with Crippen molar-refractivity contribution in [3.63, 3.8) is 0 Å². The summed E-state index contributed by atoms with van der Waals surface area (Å²) < 4.78 is 6.52. The van der Waals surface area contributed by atoms with Crippen molar-refractivity contribution in [1.82, 2.24) is 0 Å². The normalized spacial score (nSPS) is 16.5. The molecule has 2 aliphatic rings. The topological polar surface area (TPSA) is 16.4 Å². The second-order valence-electron chi connectivity index (χ2n) is 17.1. The van der Waals surface area contributed by atoms with E-state index in [1.165, 1.54) is 50.1 Å². The van der Waals surface area contributed by atoms with Crippen molar-refractivity contribution < 1.29 is 4.42 Å². The van der Waals surface area contributed by atoms with Gasteiger partial charge in [0.1, 0.15) is 11.2 Å². The highest BCUT2D eigenvalue weighted by Crippen LogP contribution is 2.60. The van der Waals surface area contributed by atoms with Crippen molar-refractivity contribution in [2.75, 3.05) is 4.90 Å². The molecule has 0 radical (unpaired) electrons. The molecule has 0 spiro atoms. The SMILES string of the molecule is C1=CCC(C2(c3ccccc3)c3ccccc3-c3ccc(N(c4ccc(-c5cccc6c5oc5ccccc56)cc4)c4ccccc4-c4ccc(-c5ccccc5)cc4)cc32)CC1. The van der Waals surface area contributed by atoms with Gasteiger partial charge in [0.25, 0.3) is 0 Å². The first-order valence-corrected chi connectivity index (χ1v) is 22.3. The Bertz CT molecular complexity index is 3310. The van der Waals surface area contributed by atoms with Gasteiger partial charge in [-0.3, -0.25) is 0 Å². The first-order chi connectivity index (χ1) is 31.3. The maximum absolute atomic E-state index is 6.52. The van der Waals surface area contributed by atoms with Gasteiger partial charge in [-0.25, -0.2) is 0 Å². The molecule has 1 aromatic heterocycles. The highest BCUT2D eigenvalue weighted by molar-refractivity contribution is 6.09. The minimum Gasteiger partial charge on any atom is -0.455 e. The van der Waals surface area contributed by atoms with Crippen molar-refractivity contribution in [2.45, 2.75) is 24.7 Å². The third-order valence-corrected chi connectivity index (χ3v) is 13.7. The van der Waals surface area contributed by atoms with Crippen LogP contribution in [0.4, 0.5) is 17.1 Å². The molecule has 0 fully saturated rings. The van der Waals surface area contributed by atoms with Crippen LogP contribution in [0.15, 0.2) is 235 Å². The number of para-hydroxylation sites is 3. The first-order valence-electron chi connectivity index (χ1n) is 22.3. The van der Waals surface area contributed by atoms with E-state index < -0.39 is 0 Å². The summed E-state index contributed by atoms with van der Waals surface area (Å²) in [4.78, 5) is 2.48. The maximum Gasteiger partial charge on any atom is 0.143 e. The van der Waals surface area contributed by atoms with Gasteiger partial charge in [0, 0.05) is 38.7 Å². The summed E-state index contributed by atoms with van der Waals surface area (Å²) in [5, 5.41) is 2.27. The van der Waals surface area contributed by atoms with E-state index in [4.69, 9.17) is 4.42 Å².